The quantitative estimate of drug-likeness (QED) is 0.656. The van der Waals surface area contributed by atoms with Gasteiger partial charge in [0.15, 0.2) is 0 Å². The van der Waals surface area contributed by atoms with Crippen molar-refractivity contribution >= 4 is 35.0 Å². The molecule has 0 amide bonds. The molecule has 0 bridgehead atoms. The van der Waals surface area contributed by atoms with Crippen molar-refractivity contribution in [3.63, 3.8) is 0 Å². The van der Waals surface area contributed by atoms with E-state index in [1.165, 1.54) is 5.69 Å². The van der Waals surface area contributed by atoms with Crippen molar-refractivity contribution in [1.29, 1.82) is 0 Å². The first-order chi connectivity index (χ1) is 9.79. The molecular formula is C17H21BCl2NZr. The van der Waals surface area contributed by atoms with Crippen molar-refractivity contribution in [1.82, 2.24) is 0 Å². The van der Waals surface area contributed by atoms with Gasteiger partial charge in [0.2, 0.25) is 0 Å². The van der Waals surface area contributed by atoms with Crippen molar-refractivity contribution in [2.45, 2.75) is 17.5 Å². The van der Waals surface area contributed by atoms with Gasteiger partial charge in [0.05, 0.1) is 0 Å². The third-order valence-corrected chi connectivity index (χ3v) is 14.3. The van der Waals surface area contributed by atoms with E-state index in [4.69, 9.17) is 0 Å². The molecule has 0 aromatic heterocycles. The number of benzene rings is 1. The van der Waals surface area contributed by atoms with Crippen LogP contribution in [0.2, 0.25) is 4.63 Å². The van der Waals surface area contributed by atoms with E-state index >= 15 is 0 Å². The minimum atomic E-state index is -2.57. The van der Waals surface area contributed by atoms with Gasteiger partial charge in [-0.1, -0.05) is 0 Å². The molecule has 115 valence electrons. The Kier molecular flexibility index (Phi) is 7.97. The van der Waals surface area contributed by atoms with Crippen LogP contribution in [-0.4, -0.2) is 4.51 Å². The Balaban J connectivity index is 0.00000121. The van der Waals surface area contributed by atoms with Crippen LogP contribution < -0.4 is 5.23 Å². The molecule has 0 radical (unpaired) electrons. The fourth-order valence-corrected chi connectivity index (χ4v) is 10.7. The van der Waals surface area contributed by atoms with Gasteiger partial charge in [-0.05, 0) is 0 Å². The second-order valence-corrected chi connectivity index (χ2v) is 15.3. The Morgan fingerprint density at radius 1 is 0.909 bits per heavy atom. The number of allylic oxidation sites excluding steroid dienone is 8. The SMILES string of the molecule is Cl.Cl.[CH3][Zr](=[B]Nc1ccccc1)([C]1=CC=CC1)[C]1=CC=CC1. The van der Waals surface area contributed by atoms with Gasteiger partial charge < -0.3 is 0 Å². The van der Waals surface area contributed by atoms with E-state index in [0.717, 1.165) is 12.8 Å². The standard InChI is InChI=1S/C6H6BN.2C5H5.CH3.2ClH.Zr/c7-8-6-4-2-1-3-5-6;2*1-2-4-5-3-1;;;;/h1-5,8H;2*1-3H,4H2;1H3;2*1H;. The summed E-state index contributed by atoms with van der Waals surface area (Å²) in [6.45, 7) is 0. The van der Waals surface area contributed by atoms with E-state index in [0.29, 0.717) is 0 Å². The number of para-hydroxylation sites is 1. The molecule has 22 heavy (non-hydrogen) atoms. The molecule has 2 aliphatic rings. The first-order valence-electron chi connectivity index (χ1n) is 7.17. The Bertz CT molecular complexity index is 641. The molecule has 0 fully saturated rings. The van der Waals surface area contributed by atoms with Crippen LogP contribution >= 0.6 is 24.8 Å². The zero-order valence-corrected chi connectivity index (χ0v) is 16.7. The van der Waals surface area contributed by atoms with Gasteiger partial charge in [-0.15, -0.1) is 24.8 Å². The number of hydrogen-bond donors (Lipinski definition) is 1. The molecule has 0 saturated carbocycles. The number of halogens is 2. The number of anilines is 1. The maximum atomic E-state index is 3.57. The second kappa shape index (κ2) is 8.96. The molecule has 0 spiro atoms. The van der Waals surface area contributed by atoms with Gasteiger partial charge in [0.1, 0.15) is 0 Å². The van der Waals surface area contributed by atoms with Crippen LogP contribution in [0.3, 0.4) is 0 Å². The van der Waals surface area contributed by atoms with Crippen molar-refractivity contribution in [2.24, 2.45) is 0 Å². The van der Waals surface area contributed by atoms with Crippen LogP contribution in [0.5, 0.6) is 0 Å². The Morgan fingerprint density at radius 2 is 1.45 bits per heavy atom. The Morgan fingerprint density at radius 3 is 1.91 bits per heavy atom. The molecule has 0 heterocycles. The summed E-state index contributed by atoms with van der Waals surface area (Å²) >= 11 is -2.57. The van der Waals surface area contributed by atoms with Crippen molar-refractivity contribution < 1.29 is 19.5 Å². The molecule has 0 aliphatic heterocycles. The first kappa shape index (κ1) is 19.6. The molecule has 1 nitrogen and oxygen atoms in total. The summed E-state index contributed by atoms with van der Waals surface area (Å²) in [5.74, 6) is 0. The monoisotopic (exact) mass is 410 g/mol. The Hall–Kier alpha value is -0.492. The van der Waals surface area contributed by atoms with E-state index in [2.05, 4.69) is 81.2 Å². The van der Waals surface area contributed by atoms with Gasteiger partial charge in [-0.25, -0.2) is 0 Å². The predicted molar refractivity (Wildman–Crippen MR) is 99.9 cm³/mol. The van der Waals surface area contributed by atoms with E-state index < -0.39 is 19.5 Å². The van der Waals surface area contributed by atoms with Crippen molar-refractivity contribution in [3.05, 3.63) is 73.3 Å². The summed E-state index contributed by atoms with van der Waals surface area (Å²) in [5.41, 5.74) is 1.19. The normalized spacial score (nSPS) is 15.3. The summed E-state index contributed by atoms with van der Waals surface area (Å²) in [6.07, 6.45) is 16.0. The van der Waals surface area contributed by atoms with Crippen LogP contribution in [0.4, 0.5) is 5.69 Å². The van der Waals surface area contributed by atoms with Gasteiger partial charge in [-0.2, -0.15) is 0 Å². The molecule has 1 aromatic rings. The van der Waals surface area contributed by atoms with Gasteiger partial charge in [0.25, 0.3) is 0 Å². The number of rotatable bonds is 4. The van der Waals surface area contributed by atoms with Gasteiger partial charge in [-0.3, -0.25) is 0 Å². The number of hydrogen-bond acceptors (Lipinski definition) is 1. The first-order valence-corrected chi connectivity index (χ1v) is 13.5. The molecule has 0 atom stereocenters. The summed E-state index contributed by atoms with van der Waals surface area (Å²) < 4.78 is 8.29. The van der Waals surface area contributed by atoms with E-state index in [1.54, 1.807) is 6.56 Å². The van der Waals surface area contributed by atoms with Crippen molar-refractivity contribution in [3.8, 4) is 0 Å². The third kappa shape index (κ3) is 4.28. The van der Waals surface area contributed by atoms with E-state index in [1.807, 2.05) is 0 Å². The summed E-state index contributed by atoms with van der Waals surface area (Å²) in [7, 11) is 0. The predicted octanol–water partition coefficient (Wildman–Crippen LogP) is 5.37. The summed E-state index contributed by atoms with van der Waals surface area (Å²) in [5, 5.41) is 3.57. The average molecular weight is 412 g/mol. The second-order valence-electron chi connectivity index (χ2n) is 5.51. The third-order valence-electron chi connectivity index (χ3n) is 4.18. The summed E-state index contributed by atoms with van der Waals surface area (Å²) in [6, 6.07) is 10.5. The molecule has 2 aliphatic carbocycles. The molecule has 1 N–H and O–H groups in total. The average Bonchev–Trinajstić information content (AvgIpc) is 3.18. The van der Waals surface area contributed by atoms with Crippen LogP contribution in [-0.2, 0) is 19.5 Å². The van der Waals surface area contributed by atoms with Crippen LogP contribution in [0, 0.1) is 0 Å². The molecule has 1 aromatic carbocycles. The zero-order valence-electron chi connectivity index (χ0n) is 12.7. The van der Waals surface area contributed by atoms with Gasteiger partial charge >= 0.3 is 126 Å². The van der Waals surface area contributed by atoms with Crippen LogP contribution in [0.15, 0.2) is 73.3 Å². The van der Waals surface area contributed by atoms with Crippen molar-refractivity contribution in [2.75, 3.05) is 5.23 Å². The molecular weight excluding hydrogens is 391 g/mol. The van der Waals surface area contributed by atoms with E-state index in [-0.39, 0.29) is 24.8 Å². The topological polar surface area (TPSA) is 12.0 Å². The molecule has 0 unspecified atom stereocenters. The molecule has 3 rings (SSSR count). The maximum absolute atomic E-state index is 3.57. The molecule has 0 saturated heterocycles. The summed E-state index contributed by atoms with van der Waals surface area (Å²) in [4.78, 5) is 0. The minimum absolute atomic E-state index is 0. The van der Waals surface area contributed by atoms with Crippen LogP contribution in [0.25, 0.3) is 0 Å². The Labute approximate surface area is 149 Å². The fourth-order valence-electron chi connectivity index (χ4n) is 2.82. The van der Waals surface area contributed by atoms with Gasteiger partial charge in [0, 0.05) is 0 Å². The molecule has 5 heteroatoms. The van der Waals surface area contributed by atoms with E-state index in [9.17, 15) is 0 Å². The zero-order chi connectivity index (χ0) is 13.8. The fraction of sp³-hybridized carbons (Fsp3) is 0.176. The number of nitrogens with one attached hydrogen (secondary N) is 1. The van der Waals surface area contributed by atoms with Crippen LogP contribution in [0.1, 0.15) is 12.8 Å².